The highest BCUT2D eigenvalue weighted by molar-refractivity contribution is 6.74. The van der Waals surface area contributed by atoms with Gasteiger partial charge in [-0.15, -0.1) is 0 Å². The average Bonchev–Trinajstić information content (AvgIpc) is 2.33. The van der Waals surface area contributed by atoms with Gasteiger partial charge in [0.05, 0.1) is 6.61 Å². The lowest BCUT2D eigenvalue weighted by atomic mass is 10.1. The van der Waals surface area contributed by atoms with E-state index in [9.17, 15) is 5.11 Å². The van der Waals surface area contributed by atoms with Gasteiger partial charge in [-0.05, 0) is 31.0 Å². The van der Waals surface area contributed by atoms with Crippen molar-refractivity contribution in [2.75, 3.05) is 6.61 Å². The molecule has 0 aromatic heterocycles. The van der Waals surface area contributed by atoms with Crippen LogP contribution in [-0.4, -0.2) is 26.1 Å². The minimum Gasteiger partial charge on any atom is -0.406 e. The molecule has 0 aromatic rings. The van der Waals surface area contributed by atoms with Crippen LogP contribution in [0.4, 0.5) is 0 Å². The summed E-state index contributed by atoms with van der Waals surface area (Å²) in [6.45, 7) is 13.8. The van der Waals surface area contributed by atoms with E-state index < -0.39 is 14.4 Å². The SMILES string of the molecule is CCCCCCCC(O)C#CCO[Si](C)(C)C(C)(C)C. The Bertz CT molecular complexity index is 307. The highest BCUT2D eigenvalue weighted by atomic mass is 28.4. The normalized spacial score (nSPS) is 13.8. The number of aliphatic hydroxyl groups is 1. The molecule has 20 heavy (non-hydrogen) atoms. The monoisotopic (exact) mass is 298 g/mol. The van der Waals surface area contributed by atoms with Gasteiger partial charge in [0, 0.05) is 0 Å². The second-order valence-corrected chi connectivity index (χ2v) is 11.9. The predicted octanol–water partition coefficient (Wildman–Crippen LogP) is 4.73. The van der Waals surface area contributed by atoms with E-state index in [1.807, 2.05) is 0 Å². The highest BCUT2D eigenvalue weighted by Crippen LogP contribution is 2.36. The minimum atomic E-state index is -1.70. The third-order valence-corrected chi connectivity index (χ3v) is 8.64. The Labute approximate surface area is 127 Å². The molecule has 0 aliphatic carbocycles. The van der Waals surface area contributed by atoms with Crippen molar-refractivity contribution in [1.29, 1.82) is 0 Å². The van der Waals surface area contributed by atoms with E-state index in [-0.39, 0.29) is 5.04 Å². The van der Waals surface area contributed by atoms with Crippen molar-refractivity contribution in [2.24, 2.45) is 0 Å². The van der Waals surface area contributed by atoms with Crippen molar-refractivity contribution >= 4 is 8.32 Å². The summed E-state index contributed by atoms with van der Waals surface area (Å²) in [6.07, 6.45) is 6.39. The summed E-state index contributed by atoms with van der Waals surface area (Å²) in [4.78, 5) is 0. The fourth-order valence-corrected chi connectivity index (χ4v) is 2.47. The molecule has 0 saturated carbocycles. The van der Waals surface area contributed by atoms with Crippen molar-refractivity contribution in [3.63, 3.8) is 0 Å². The molecule has 3 heteroatoms. The fourth-order valence-electron chi connectivity index (χ4n) is 1.61. The number of aliphatic hydroxyl groups excluding tert-OH is 1. The standard InChI is InChI=1S/C17H34O2Si/c1-7-8-9-10-11-13-16(18)14-12-15-19-20(5,6)17(2,3)4/h16,18H,7-11,13,15H2,1-6H3. The minimum absolute atomic E-state index is 0.215. The van der Waals surface area contributed by atoms with E-state index in [0.717, 1.165) is 12.8 Å². The maximum atomic E-state index is 9.78. The zero-order valence-electron chi connectivity index (χ0n) is 14.4. The van der Waals surface area contributed by atoms with Crippen molar-refractivity contribution in [1.82, 2.24) is 0 Å². The van der Waals surface area contributed by atoms with Gasteiger partial charge in [0.1, 0.15) is 6.10 Å². The number of unbranched alkanes of at least 4 members (excludes halogenated alkanes) is 4. The van der Waals surface area contributed by atoms with Gasteiger partial charge in [-0.2, -0.15) is 0 Å². The molecule has 0 aliphatic heterocycles. The van der Waals surface area contributed by atoms with Crippen LogP contribution >= 0.6 is 0 Å². The fraction of sp³-hybridized carbons (Fsp3) is 0.882. The first-order valence-corrected chi connectivity index (χ1v) is 10.9. The number of hydrogen-bond donors (Lipinski definition) is 1. The summed E-state index contributed by atoms with van der Waals surface area (Å²) in [5.74, 6) is 5.88. The largest absolute Gasteiger partial charge is 0.406 e. The summed E-state index contributed by atoms with van der Waals surface area (Å²) in [7, 11) is -1.70. The Morgan fingerprint density at radius 1 is 1.10 bits per heavy atom. The van der Waals surface area contributed by atoms with E-state index in [1.165, 1.54) is 25.7 Å². The van der Waals surface area contributed by atoms with Gasteiger partial charge in [0.25, 0.3) is 0 Å². The lowest BCUT2D eigenvalue weighted by Gasteiger charge is -2.35. The smallest absolute Gasteiger partial charge is 0.193 e. The Balaban J connectivity index is 3.86. The van der Waals surface area contributed by atoms with Crippen LogP contribution in [0, 0.1) is 11.8 Å². The van der Waals surface area contributed by atoms with Crippen LogP contribution in [0.1, 0.15) is 66.2 Å². The molecular weight excluding hydrogens is 264 g/mol. The van der Waals surface area contributed by atoms with Crippen LogP contribution in [0.3, 0.4) is 0 Å². The summed E-state index contributed by atoms with van der Waals surface area (Å²) in [5, 5.41) is 9.99. The molecule has 1 unspecified atom stereocenters. The van der Waals surface area contributed by atoms with Crippen LogP contribution in [-0.2, 0) is 4.43 Å². The van der Waals surface area contributed by atoms with Gasteiger partial charge in [0.2, 0.25) is 0 Å². The molecule has 0 heterocycles. The summed E-state index contributed by atoms with van der Waals surface area (Å²) in [5.41, 5.74) is 0. The van der Waals surface area contributed by atoms with Crippen molar-refractivity contribution in [3.05, 3.63) is 0 Å². The van der Waals surface area contributed by atoms with Crippen LogP contribution in [0.5, 0.6) is 0 Å². The van der Waals surface area contributed by atoms with Crippen LogP contribution in [0.25, 0.3) is 0 Å². The zero-order chi connectivity index (χ0) is 15.6. The molecule has 118 valence electrons. The first-order chi connectivity index (χ1) is 9.20. The maximum Gasteiger partial charge on any atom is 0.193 e. The summed E-state index contributed by atoms with van der Waals surface area (Å²) < 4.78 is 5.96. The first-order valence-electron chi connectivity index (χ1n) is 8.01. The molecule has 0 radical (unpaired) electrons. The Morgan fingerprint density at radius 3 is 2.25 bits per heavy atom. The van der Waals surface area contributed by atoms with Crippen LogP contribution in [0.15, 0.2) is 0 Å². The van der Waals surface area contributed by atoms with E-state index in [4.69, 9.17) is 4.43 Å². The first kappa shape index (κ1) is 19.7. The third kappa shape index (κ3) is 8.79. The predicted molar refractivity (Wildman–Crippen MR) is 90.3 cm³/mol. The van der Waals surface area contributed by atoms with Gasteiger partial charge in [-0.25, -0.2) is 0 Å². The molecule has 0 fully saturated rings. The van der Waals surface area contributed by atoms with Crippen molar-refractivity contribution in [3.8, 4) is 11.8 Å². The lowest BCUT2D eigenvalue weighted by molar-refractivity contribution is 0.216. The maximum absolute atomic E-state index is 9.78. The Hall–Kier alpha value is -0.303. The third-order valence-electron chi connectivity index (χ3n) is 4.16. The molecule has 0 amide bonds. The average molecular weight is 299 g/mol. The molecular formula is C17H34O2Si. The molecule has 0 spiro atoms. The second-order valence-electron chi connectivity index (χ2n) is 7.09. The Kier molecular flexibility index (Phi) is 9.45. The summed E-state index contributed by atoms with van der Waals surface area (Å²) >= 11 is 0. The van der Waals surface area contributed by atoms with Gasteiger partial charge < -0.3 is 9.53 Å². The van der Waals surface area contributed by atoms with E-state index >= 15 is 0 Å². The highest BCUT2D eigenvalue weighted by Gasteiger charge is 2.36. The molecule has 0 rings (SSSR count). The molecule has 1 N–H and O–H groups in total. The van der Waals surface area contributed by atoms with E-state index in [2.05, 4.69) is 52.6 Å². The molecule has 2 nitrogen and oxygen atoms in total. The number of hydrogen-bond acceptors (Lipinski definition) is 2. The molecule has 0 aromatic carbocycles. The molecule has 0 bridgehead atoms. The van der Waals surface area contributed by atoms with Gasteiger partial charge in [0.15, 0.2) is 8.32 Å². The van der Waals surface area contributed by atoms with Crippen LogP contribution < -0.4 is 0 Å². The van der Waals surface area contributed by atoms with Gasteiger partial charge >= 0.3 is 0 Å². The molecule has 0 aliphatic rings. The topological polar surface area (TPSA) is 29.5 Å². The Morgan fingerprint density at radius 2 is 1.70 bits per heavy atom. The van der Waals surface area contributed by atoms with Gasteiger partial charge in [-0.3, -0.25) is 0 Å². The lowest BCUT2D eigenvalue weighted by Crippen LogP contribution is -2.40. The summed E-state index contributed by atoms with van der Waals surface area (Å²) in [6, 6.07) is 0. The van der Waals surface area contributed by atoms with E-state index in [0.29, 0.717) is 6.61 Å². The van der Waals surface area contributed by atoms with Crippen molar-refractivity contribution < 1.29 is 9.53 Å². The van der Waals surface area contributed by atoms with Gasteiger partial charge in [-0.1, -0.05) is 65.2 Å². The molecule has 1 atom stereocenters. The molecule has 0 saturated heterocycles. The van der Waals surface area contributed by atoms with Crippen molar-refractivity contribution in [2.45, 2.75) is 90.5 Å². The second kappa shape index (κ2) is 9.60. The quantitative estimate of drug-likeness (QED) is 0.399. The van der Waals surface area contributed by atoms with Crippen LogP contribution in [0.2, 0.25) is 18.1 Å². The number of rotatable bonds is 8. The zero-order valence-corrected chi connectivity index (χ0v) is 15.4. The van der Waals surface area contributed by atoms with E-state index in [1.54, 1.807) is 0 Å².